The number of hydrogen-bond donors (Lipinski definition) is 1. The maximum Gasteiger partial charge on any atom is 0.308 e. The molecule has 6 fully saturated rings. The normalized spacial score (nSPS) is 51.4. The number of rotatable bonds is 5. The summed E-state index contributed by atoms with van der Waals surface area (Å²) in [5.41, 5.74) is -2.80. The molecule has 0 amide bonds. The summed E-state index contributed by atoms with van der Waals surface area (Å²) < 4.78 is 29.6. The van der Waals surface area contributed by atoms with E-state index in [1.165, 1.54) is 7.11 Å². The fourth-order valence-corrected chi connectivity index (χ4v) is 11.0. The molecule has 9 heteroatoms. The summed E-state index contributed by atoms with van der Waals surface area (Å²) >= 11 is 0. The molecule has 0 aromatic carbocycles. The van der Waals surface area contributed by atoms with Crippen molar-refractivity contribution in [2.75, 3.05) is 7.11 Å². The number of furan rings is 1. The molecule has 9 nitrogen and oxygen atoms in total. The second-order valence-electron chi connectivity index (χ2n) is 14.4. The predicted molar refractivity (Wildman–Crippen MR) is 138 cm³/mol. The topological polar surface area (TPSA) is 125 Å². The Labute approximate surface area is 234 Å². The Morgan fingerprint density at radius 3 is 2.58 bits per heavy atom. The minimum atomic E-state index is -1.19. The first-order valence-electron chi connectivity index (χ1n) is 14.7. The molecule has 7 rings (SSSR count). The van der Waals surface area contributed by atoms with Gasteiger partial charge in [-0.15, -0.1) is 0 Å². The molecule has 2 saturated heterocycles. The molecule has 4 aliphatic carbocycles. The van der Waals surface area contributed by atoms with Crippen LogP contribution >= 0.6 is 0 Å². The number of fused-ring (bicyclic) bond motifs is 4. The lowest BCUT2D eigenvalue weighted by molar-refractivity contribution is -0.250. The van der Waals surface area contributed by atoms with E-state index in [-0.39, 0.29) is 60.5 Å². The van der Waals surface area contributed by atoms with E-state index in [1.54, 1.807) is 26.4 Å². The third-order valence-electron chi connectivity index (χ3n) is 12.6. The highest BCUT2D eigenvalue weighted by molar-refractivity contribution is 5.73. The summed E-state index contributed by atoms with van der Waals surface area (Å²) in [4.78, 5) is 39.1. The number of aliphatic hydroxyl groups is 1. The van der Waals surface area contributed by atoms with Gasteiger partial charge in [-0.1, -0.05) is 34.6 Å². The quantitative estimate of drug-likeness (QED) is 0.326. The molecule has 12 atom stereocenters. The summed E-state index contributed by atoms with van der Waals surface area (Å²) in [7, 11) is 1.38. The van der Waals surface area contributed by atoms with E-state index in [0.717, 1.165) is 18.4 Å². The fourth-order valence-electron chi connectivity index (χ4n) is 11.0. The molecule has 2 aliphatic heterocycles. The van der Waals surface area contributed by atoms with Gasteiger partial charge in [0.05, 0.1) is 49.6 Å². The van der Waals surface area contributed by atoms with Crippen LogP contribution in [0.4, 0.5) is 0 Å². The molecule has 1 unspecified atom stereocenters. The Morgan fingerprint density at radius 1 is 1.18 bits per heavy atom. The molecule has 3 heterocycles. The Morgan fingerprint density at radius 2 is 1.93 bits per heavy atom. The van der Waals surface area contributed by atoms with Crippen LogP contribution < -0.4 is 0 Å². The number of ether oxygens (including phenoxy) is 4. The molecule has 1 spiro atoms. The Balaban J connectivity index is 1.37. The van der Waals surface area contributed by atoms with Crippen molar-refractivity contribution in [3.05, 3.63) is 24.2 Å². The number of carbonyl (C=O) groups excluding carboxylic acids is 3. The average Bonchev–Trinajstić information content (AvgIpc) is 3.18. The van der Waals surface area contributed by atoms with Crippen LogP contribution in [0.15, 0.2) is 23.0 Å². The molecule has 6 aliphatic rings. The van der Waals surface area contributed by atoms with E-state index in [2.05, 4.69) is 20.8 Å². The van der Waals surface area contributed by atoms with Gasteiger partial charge in [0.25, 0.3) is 0 Å². The third-order valence-corrected chi connectivity index (χ3v) is 12.6. The third kappa shape index (κ3) is 2.84. The van der Waals surface area contributed by atoms with Gasteiger partial charge in [0.2, 0.25) is 0 Å². The first kappa shape index (κ1) is 26.5. The van der Waals surface area contributed by atoms with E-state index in [9.17, 15) is 19.5 Å². The highest BCUT2D eigenvalue weighted by Crippen LogP contribution is 2.85. The van der Waals surface area contributed by atoms with Crippen molar-refractivity contribution in [1.29, 1.82) is 0 Å². The van der Waals surface area contributed by atoms with Gasteiger partial charge in [-0.3, -0.25) is 14.4 Å². The molecule has 40 heavy (non-hydrogen) atoms. The lowest BCUT2D eigenvalue weighted by atomic mass is 9.39. The number of methoxy groups -OCH3 is 1. The molecule has 2 bridgehead atoms. The molecule has 1 aromatic heterocycles. The number of esters is 3. The van der Waals surface area contributed by atoms with Gasteiger partial charge in [0, 0.05) is 34.1 Å². The molecule has 1 aromatic rings. The van der Waals surface area contributed by atoms with Crippen LogP contribution in [0.1, 0.15) is 78.4 Å². The smallest absolute Gasteiger partial charge is 0.308 e. The largest absolute Gasteiger partial charge is 0.472 e. The van der Waals surface area contributed by atoms with Crippen LogP contribution in [0.25, 0.3) is 0 Å². The number of carbonyl (C=O) groups is 3. The summed E-state index contributed by atoms with van der Waals surface area (Å²) in [5, 5.41) is 12.7. The maximum absolute atomic E-state index is 13.2. The molecule has 0 radical (unpaired) electrons. The summed E-state index contributed by atoms with van der Waals surface area (Å²) in [5.74, 6) is -2.29. The van der Waals surface area contributed by atoms with Crippen molar-refractivity contribution in [2.45, 2.75) is 96.2 Å². The highest BCUT2D eigenvalue weighted by Gasteiger charge is 2.93. The second-order valence-corrected chi connectivity index (χ2v) is 14.4. The highest BCUT2D eigenvalue weighted by atomic mass is 16.6. The minimum Gasteiger partial charge on any atom is -0.472 e. The minimum absolute atomic E-state index is 0.0848. The van der Waals surface area contributed by atoms with Crippen molar-refractivity contribution in [3.8, 4) is 0 Å². The van der Waals surface area contributed by atoms with E-state index in [4.69, 9.17) is 23.4 Å². The lowest BCUT2D eigenvalue weighted by Crippen LogP contribution is -2.72. The van der Waals surface area contributed by atoms with Crippen LogP contribution in [-0.4, -0.2) is 53.5 Å². The Bertz CT molecular complexity index is 1270. The van der Waals surface area contributed by atoms with Crippen molar-refractivity contribution >= 4 is 17.9 Å². The number of epoxide rings is 1. The van der Waals surface area contributed by atoms with Crippen molar-refractivity contribution < 1.29 is 42.9 Å². The SMILES string of the molecule is COC(=O)C[C@H]1[C@@]2(C)C[C@@]3(O)C([C@H]2OC(=O)C(C)C)[C@H]2O[C@]24[C@@H]2CC(=O)O[C@@H](c5ccoc5)[C@]2(C)CC[C@@H]4[C@@]13C. The van der Waals surface area contributed by atoms with E-state index in [0.29, 0.717) is 6.42 Å². The molecule has 4 saturated carbocycles. The van der Waals surface area contributed by atoms with Crippen LogP contribution in [-0.2, 0) is 33.3 Å². The summed E-state index contributed by atoms with van der Waals surface area (Å²) in [6, 6.07) is 1.85. The average molecular weight is 557 g/mol. The molecular weight excluding hydrogens is 516 g/mol. The second kappa shape index (κ2) is 7.91. The van der Waals surface area contributed by atoms with Crippen molar-refractivity contribution in [2.24, 2.45) is 45.8 Å². The van der Waals surface area contributed by atoms with Crippen molar-refractivity contribution in [3.63, 3.8) is 0 Å². The van der Waals surface area contributed by atoms with E-state index in [1.807, 2.05) is 6.07 Å². The van der Waals surface area contributed by atoms with Gasteiger partial charge in [0.1, 0.15) is 17.8 Å². The fraction of sp³-hybridized carbons (Fsp3) is 0.774. The van der Waals surface area contributed by atoms with E-state index < -0.39 is 45.6 Å². The molecule has 1 N–H and O–H groups in total. The van der Waals surface area contributed by atoms with Gasteiger partial charge < -0.3 is 28.5 Å². The first-order valence-corrected chi connectivity index (χ1v) is 14.7. The van der Waals surface area contributed by atoms with Gasteiger partial charge in [0.15, 0.2) is 0 Å². The zero-order chi connectivity index (χ0) is 28.6. The Hall–Kier alpha value is -2.39. The van der Waals surface area contributed by atoms with E-state index >= 15 is 0 Å². The van der Waals surface area contributed by atoms with Gasteiger partial charge in [-0.25, -0.2) is 0 Å². The first-order chi connectivity index (χ1) is 18.8. The van der Waals surface area contributed by atoms with Gasteiger partial charge in [-0.05, 0) is 37.2 Å². The van der Waals surface area contributed by atoms with Crippen LogP contribution in [0.3, 0.4) is 0 Å². The van der Waals surface area contributed by atoms with Crippen LogP contribution in [0, 0.1) is 45.8 Å². The summed E-state index contributed by atoms with van der Waals surface area (Å²) in [6.07, 6.45) is 4.07. The zero-order valence-corrected chi connectivity index (χ0v) is 24.1. The summed E-state index contributed by atoms with van der Waals surface area (Å²) in [6.45, 7) is 9.94. The van der Waals surface area contributed by atoms with Crippen LogP contribution in [0.2, 0.25) is 0 Å². The number of hydrogen-bond acceptors (Lipinski definition) is 9. The number of cyclic esters (lactones) is 1. The standard InChI is InChI=1S/C31H40O9/c1-15(2)26(34)39-24-22-25-31(40-25)17(29(5)18(11-20(32)36-6)28(24,4)14-30(22,29)35)7-9-27(3)19(31)12-21(33)38-23(27)16-8-10-37-13-16/h8,10,13,15,17-19,22-25,35H,7,9,11-12,14H2,1-6H3/t17-,18+,19-,22?,23+,24-,25-,27-,28-,29+,30-,31-/m1/s1. The Kier molecular flexibility index (Phi) is 5.24. The zero-order valence-electron chi connectivity index (χ0n) is 24.1. The lowest BCUT2D eigenvalue weighted by Gasteiger charge is -2.65. The van der Waals surface area contributed by atoms with Gasteiger partial charge >= 0.3 is 17.9 Å². The maximum atomic E-state index is 13.2. The van der Waals surface area contributed by atoms with Crippen molar-refractivity contribution in [1.82, 2.24) is 0 Å². The monoisotopic (exact) mass is 556 g/mol. The van der Waals surface area contributed by atoms with Crippen LogP contribution in [0.5, 0.6) is 0 Å². The molecule has 218 valence electrons. The predicted octanol–water partition coefficient (Wildman–Crippen LogP) is 3.98. The molecular formula is C31H40O9. The van der Waals surface area contributed by atoms with Gasteiger partial charge in [-0.2, -0.15) is 0 Å².